The minimum atomic E-state index is 0.238. The van der Waals surface area contributed by atoms with Crippen molar-refractivity contribution in [3.05, 3.63) is 48.4 Å². The van der Waals surface area contributed by atoms with E-state index in [0.717, 1.165) is 30.0 Å². The summed E-state index contributed by atoms with van der Waals surface area (Å²) in [6.45, 7) is 4.79. The van der Waals surface area contributed by atoms with Gasteiger partial charge in [-0.05, 0) is 12.1 Å². The molecule has 0 saturated carbocycles. The van der Waals surface area contributed by atoms with Crippen molar-refractivity contribution in [3.8, 4) is 11.5 Å². The Kier molecular flexibility index (Phi) is 4.56. The number of rotatable bonds is 6. The van der Waals surface area contributed by atoms with Crippen LogP contribution in [-0.4, -0.2) is 31.6 Å². The van der Waals surface area contributed by atoms with E-state index in [0.29, 0.717) is 11.7 Å². The first-order valence-electron chi connectivity index (χ1n) is 7.51. The third-order valence-electron chi connectivity index (χ3n) is 3.27. The lowest BCUT2D eigenvalue weighted by atomic mass is 10.2. The predicted octanol–water partition coefficient (Wildman–Crippen LogP) is 2.70. The topological polar surface area (TPSA) is 89.6 Å². The van der Waals surface area contributed by atoms with E-state index in [4.69, 9.17) is 4.52 Å². The molecule has 0 aliphatic heterocycles. The summed E-state index contributed by atoms with van der Waals surface area (Å²) in [5.74, 6) is 2.22. The Bertz CT molecular complexity index is 739. The fourth-order valence-corrected chi connectivity index (χ4v) is 1.99. The monoisotopic (exact) mass is 310 g/mol. The fourth-order valence-electron chi connectivity index (χ4n) is 1.99. The summed E-state index contributed by atoms with van der Waals surface area (Å²) < 4.78 is 5.25. The standard InChI is InChI=1S/C16H18N6O/c1-11(2)15-21-16(23-22-15)12-3-4-14(20-9-12)19-6-5-13-10-17-7-8-18-13/h3-4,7-11H,5-6H2,1-2H3,(H,19,20). The van der Waals surface area contributed by atoms with Gasteiger partial charge in [0.15, 0.2) is 5.82 Å². The van der Waals surface area contributed by atoms with Crippen LogP contribution < -0.4 is 5.32 Å². The van der Waals surface area contributed by atoms with Crippen molar-refractivity contribution in [2.75, 3.05) is 11.9 Å². The van der Waals surface area contributed by atoms with E-state index in [9.17, 15) is 0 Å². The van der Waals surface area contributed by atoms with E-state index < -0.39 is 0 Å². The van der Waals surface area contributed by atoms with Crippen molar-refractivity contribution in [2.24, 2.45) is 0 Å². The van der Waals surface area contributed by atoms with Crippen LogP contribution in [0.15, 0.2) is 41.4 Å². The average Bonchev–Trinajstić information content (AvgIpc) is 3.07. The molecule has 0 fully saturated rings. The van der Waals surface area contributed by atoms with Gasteiger partial charge in [-0.15, -0.1) is 0 Å². The molecule has 3 rings (SSSR count). The van der Waals surface area contributed by atoms with Crippen LogP contribution in [0, 0.1) is 0 Å². The van der Waals surface area contributed by atoms with Gasteiger partial charge in [-0.3, -0.25) is 9.97 Å². The van der Waals surface area contributed by atoms with Gasteiger partial charge in [0.1, 0.15) is 5.82 Å². The SMILES string of the molecule is CC(C)c1noc(-c2ccc(NCCc3cnccn3)nc2)n1. The first kappa shape index (κ1) is 15.1. The average molecular weight is 310 g/mol. The van der Waals surface area contributed by atoms with E-state index in [2.05, 4.69) is 30.4 Å². The number of nitrogens with zero attached hydrogens (tertiary/aromatic N) is 5. The molecule has 0 aliphatic carbocycles. The zero-order chi connectivity index (χ0) is 16.1. The molecule has 0 spiro atoms. The van der Waals surface area contributed by atoms with Crippen LogP contribution in [0.5, 0.6) is 0 Å². The van der Waals surface area contributed by atoms with E-state index in [1.54, 1.807) is 24.8 Å². The number of hydrogen-bond donors (Lipinski definition) is 1. The summed E-state index contributed by atoms with van der Waals surface area (Å²) in [6, 6.07) is 3.81. The van der Waals surface area contributed by atoms with Crippen LogP contribution in [0.25, 0.3) is 11.5 Å². The molecule has 23 heavy (non-hydrogen) atoms. The third-order valence-corrected chi connectivity index (χ3v) is 3.27. The third kappa shape index (κ3) is 3.88. The lowest BCUT2D eigenvalue weighted by molar-refractivity contribution is 0.419. The van der Waals surface area contributed by atoms with Crippen molar-refractivity contribution < 1.29 is 4.52 Å². The molecule has 0 bridgehead atoms. The molecular formula is C16H18N6O. The van der Waals surface area contributed by atoms with Gasteiger partial charge in [0.05, 0.1) is 11.3 Å². The number of anilines is 1. The second-order valence-corrected chi connectivity index (χ2v) is 5.42. The van der Waals surface area contributed by atoms with Gasteiger partial charge >= 0.3 is 0 Å². The highest BCUT2D eigenvalue weighted by atomic mass is 16.5. The second kappa shape index (κ2) is 6.95. The fraction of sp³-hybridized carbons (Fsp3) is 0.312. The van der Waals surface area contributed by atoms with E-state index in [1.807, 2.05) is 26.0 Å². The van der Waals surface area contributed by atoms with Crippen LogP contribution >= 0.6 is 0 Å². The van der Waals surface area contributed by atoms with E-state index >= 15 is 0 Å². The number of hydrogen-bond acceptors (Lipinski definition) is 7. The Balaban J connectivity index is 1.58. The minimum Gasteiger partial charge on any atom is -0.370 e. The maximum Gasteiger partial charge on any atom is 0.259 e. The zero-order valence-corrected chi connectivity index (χ0v) is 13.1. The van der Waals surface area contributed by atoms with E-state index in [1.165, 1.54) is 0 Å². The molecule has 118 valence electrons. The van der Waals surface area contributed by atoms with Gasteiger partial charge < -0.3 is 9.84 Å². The quantitative estimate of drug-likeness (QED) is 0.748. The minimum absolute atomic E-state index is 0.238. The van der Waals surface area contributed by atoms with Crippen molar-refractivity contribution in [2.45, 2.75) is 26.2 Å². The summed E-state index contributed by atoms with van der Waals surface area (Å²) in [5, 5.41) is 7.21. The second-order valence-electron chi connectivity index (χ2n) is 5.42. The number of nitrogens with one attached hydrogen (secondary N) is 1. The van der Waals surface area contributed by atoms with Gasteiger partial charge in [0.25, 0.3) is 5.89 Å². The Morgan fingerprint density at radius 1 is 1.13 bits per heavy atom. The molecule has 3 aromatic rings. The molecule has 7 heteroatoms. The molecule has 0 atom stereocenters. The predicted molar refractivity (Wildman–Crippen MR) is 85.8 cm³/mol. The normalized spacial score (nSPS) is 10.9. The highest BCUT2D eigenvalue weighted by molar-refractivity contribution is 5.54. The smallest absolute Gasteiger partial charge is 0.259 e. The molecule has 0 aromatic carbocycles. The van der Waals surface area contributed by atoms with Crippen molar-refractivity contribution in [1.82, 2.24) is 25.1 Å². The van der Waals surface area contributed by atoms with Crippen LogP contribution in [0.2, 0.25) is 0 Å². The van der Waals surface area contributed by atoms with Gasteiger partial charge in [-0.25, -0.2) is 4.98 Å². The highest BCUT2D eigenvalue weighted by Gasteiger charge is 2.11. The summed E-state index contributed by atoms with van der Waals surface area (Å²) in [5.41, 5.74) is 1.76. The zero-order valence-electron chi connectivity index (χ0n) is 13.1. The van der Waals surface area contributed by atoms with Crippen molar-refractivity contribution in [3.63, 3.8) is 0 Å². The lowest BCUT2D eigenvalue weighted by Crippen LogP contribution is -2.07. The largest absolute Gasteiger partial charge is 0.370 e. The van der Waals surface area contributed by atoms with Crippen LogP contribution in [0.3, 0.4) is 0 Å². The Labute approximate surface area is 134 Å². The van der Waals surface area contributed by atoms with Crippen LogP contribution in [0.1, 0.15) is 31.3 Å². The molecule has 0 saturated heterocycles. The lowest BCUT2D eigenvalue weighted by Gasteiger charge is -2.05. The summed E-state index contributed by atoms with van der Waals surface area (Å²) in [4.78, 5) is 17.0. The van der Waals surface area contributed by atoms with Crippen molar-refractivity contribution in [1.29, 1.82) is 0 Å². The Morgan fingerprint density at radius 2 is 2.04 bits per heavy atom. The molecule has 0 radical (unpaired) electrons. The Hall–Kier alpha value is -2.83. The van der Waals surface area contributed by atoms with E-state index in [-0.39, 0.29) is 5.92 Å². The molecule has 0 amide bonds. The maximum absolute atomic E-state index is 5.25. The molecule has 0 unspecified atom stereocenters. The first-order chi connectivity index (χ1) is 11.2. The number of aromatic nitrogens is 5. The summed E-state index contributed by atoms with van der Waals surface area (Å²) in [6.07, 6.45) is 7.64. The van der Waals surface area contributed by atoms with Gasteiger partial charge in [0, 0.05) is 43.7 Å². The maximum atomic E-state index is 5.25. The molecule has 0 aliphatic rings. The summed E-state index contributed by atoms with van der Waals surface area (Å²) in [7, 11) is 0. The van der Waals surface area contributed by atoms with Crippen molar-refractivity contribution >= 4 is 5.82 Å². The molecule has 3 aromatic heterocycles. The molecule has 3 heterocycles. The molecule has 7 nitrogen and oxygen atoms in total. The molecular weight excluding hydrogens is 292 g/mol. The van der Waals surface area contributed by atoms with Gasteiger partial charge in [-0.2, -0.15) is 4.98 Å². The van der Waals surface area contributed by atoms with Crippen LogP contribution in [-0.2, 0) is 6.42 Å². The first-order valence-corrected chi connectivity index (χ1v) is 7.51. The Morgan fingerprint density at radius 3 is 2.70 bits per heavy atom. The van der Waals surface area contributed by atoms with Gasteiger partial charge in [0.2, 0.25) is 0 Å². The van der Waals surface area contributed by atoms with Gasteiger partial charge in [-0.1, -0.05) is 19.0 Å². The summed E-state index contributed by atoms with van der Waals surface area (Å²) >= 11 is 0. The number of pyridine rings is 1. The van der Waals surface area contributed by atoms with Crippen LogP contribution in [0.4, 0.5) is 5.82 Å². The highest BCUT2D eigenvalue weighted by Crippen LogP contribution is 2.20. The molecule has 1 N–H and O–H groups in total.